The lowest BCUT2D eigenvalue weighted by atomic mass is 10.0. The number of rotatable bonds is 4. The number of nitrogens with zero attached hydrogens (tertiary/aromatic N) is 5. The molecule has 0 spiro atoms. The van der Waals surface area contributed by atoms with Crippen molar-refractivity contribution in [2.24, 2.45) is 18.9 Å². The van der Waals surface area contributed by atoms with Gasteiger partial charge < -0.3 is 24.8 Å². The van der Waals surface area contributed by atoms with Crippen LogP contribution in [0.25, 0.3) is 10.9 Å². The predicted octanol–water partition coefficient (Wildman–Crippen LogP) is 3.90. The second-order valence-electron chi connectivity index (χ2n) is 9.53. The fourth-order valence-corrected chi connectivity index (χ4v) is 4.88. The van der Waals surface area contributed by atoms with Crippen molar-refractivity contribution < 1.29 is 13.5 Å². The van der Waals surface area contributed by atoms with E-state index in [9.17, 15) is 13.6 Å². The van der Waals surface area contributed by atoms with E-state index in [1.54, 1.807) is 25.2 Å². The molecule has 0 amide bonds. The summed E-state index contributed by atoms with van der Waals surface area (Å²) in [5, 5.41) is 16.0. The number of fused-ring (bicyclic) bond motifs is 3. The second-order valence-corrected chi connectivity index (χ2v) is 9.94. The van der Waals surface area contributed by atoms with Crippen molar-refractivity contribution in [3.63, 3.8) is 0 Å². The Balaban J connectivity index is 1.39. The molecule has 6 rings (SSSR count). The summed E-state index contributed by atoms with van der Waals surface area (Å²) in [4.78, 5) is 23.6. The van der Waals surface area contributed by atoms with Gasteiger partial charge in [-0.05, 0) is 37.0 Å². The summed E-state index contributed by atoms with van der Waals surface area (Å²) in [6, 6.07) is 6.35. The number of aromatic nitrogens is 3. The standard InChI is InChI=1S/C24H22ClF2N7O2/c1-33-17-5-4-14(30-21-16(25)8-29-23(32-21)34-9-12(7-28)10-34)6-15(17)18-19(22(33)35)36-11-24(26,27)20(31-18)13-2-3-13/h4-6,8,12-13,20,31H,2-3,9-11H2,1H3,(H,29,30,32)/t20-/m0/s1. The molecule has 2 aromatic heterocycles. The van der Waals surface area contributed by atoms with Crippen molar-refractivity contribution in [3.8, 4) is 11.8 Å². The van der Waals surface area contributed by atoms with E-state index in [0.29, 0.717) is 59.3 Å². The van der Waals surface area contributed by atoms with Crippen molar-refractivity contribution >= 4 is 45.6 Å². The van der Waals surface area contributed by atoms with Gasteiger partial charge in [0.25, 0.3) is 5.56 Å². The molecule has 1 aliphatic carbocycles. The second kappa shape index (κ2) is 8.20. The number of nitriles is 1. The molecule has 0 bridgehead atoms. The highest BCUT2D eigenvalue weighted by Gasteiger charge is 2.51. The quantitative estimate of drug-likeness (QED) is 0.541. The first kappa shape index (κ1) is 22.8. The number of ether oxygens (including phenoxy) is 1. The van der Waals surface area contributed by atoms with Crippen molar-refractivity contribution in [2.45, 2.75) is 24.8 Å². The van der Waals surface area contributed by atoms with Crippen LogP contribution >= 0.6 is 11.6 Å². The third-order valence-electron chi connectivity index (χ3n) is 6.95. The summed E-state index contributed by atoms with van der Waals surface area (Å²) in [6.07, 6.45) is 2.90. The van der Waals surface area contributed by atoms with Crippen LogP contribution in [0.1, 0.15) is 12.8 Å². The number of hydrogen-bond donors (Lipinski definition) is 2. The van der Waals surface area contributed by atoms with Crippen molar-refractivity contribution in [1.82, 2.24) is 14.5 Å². The zero-order valence-electron chi connectivity index (χ0n) is 19.3. The van der Waals surface area contributed by atoms with E-state index in [0.717, 1.165) is 0 Å². The molecule has 3 aliphatic rings. The maximum Gasteiger partial charge on any atom is 0.301 e. The zero-order chi connectivity index (χ0) is 25.2. The first-order chi connectivity index (χ1) is 17.2. The summed E-state index contributed by atoms with van der Waals surface area (Å²) in [5.41, 5.74) is 0.946. The monoisotopic (exact) mass is 513 g/mol. The van der Waals surface area contributed by atoms with Gasteiger partial charge in [0.05, 0.1) is 35.4 Å². The summed E-state index contributed by atoms with van der Waals surface area (Å²) in [7, 11) is 1.58. The highest BCUT2D eigenvalue weighted by atomic mass is 35.5. The summed E-state index contributed by atoms with van der Waals surface area (Å²) < 4.78 is 36.5. The van der Waals surface area contributed by atoms with E-state index in [4.69, 9.17) is 21.6 Å². The van der Waals surface area contributed by atoms with E-state index >= 15 is 0 Å². The smallest absolute Gasteiger partial charge is 0.301 e. The van der Waals surface area contributed by atoms with Gasteiger partial charge in [-0.2, -0.15) is 10.2 Å². The Morgan fingerprint density at radius 1 is 1.33 bits per heavy atom. The van der Waals surface area contributed by atoms with Crippen molar-refractivity contribution in [3.05, 3.63) is 39.8 Å². The Morgan fingerprint density at radius 3 is 2.83 bits per heavy atom. The lowest BCUT2D eigenvalue weighted by Crippen LogP contribution is -2.46. The van der Waals surface area contributed by atoms with Crippen LogP contribution in [-0.2, 0) is 7.05 Å². The molecule has 2 fully saturated rings. The molecule has 1 saturated heterocycles. The molecule has 4 heterocycles. The van der Waals surface area contributed by atoms with Gasteiger partial charge in [0.2, 0.25) is 11.7 Å². The molecule has 0 radical (unpaired) electrons. The number of hydrogen-bond acceptors (Lipinski definition) is 8. The van der Waals surface area contributed by atoms with Gasteiger partial charge >= 0.3 is 5.92 Å². The van der Waals surface area contributed by atoms with Crippen LogP contribution < -0.4 is 25.8 Å². The van der Waals surface area contributed by atoms with Crippen molar-refractivity contribution in [1.29, 1.82) is 5.26 Å². The lowest BCUT2D eigenvalue weighted by molar-refractivity contribution is -0.0579. The van der Waals surface area contributed by atoms with Crippen LogP contribution in [0.15, 0.2) is 29.2 Å². The van der Waals surface area contributed by atoms with Crippen LogP contribution in [0.4, 0.5) is 31.9 Å². The van der Waals surface area contributed by atoms with E-state index < -0.39 is 24.1 Å². The van der Waals surface area contributed by atoms with E-state index in [1.165, 1.54) is 10.8 Å². The van der Waals surface area contributed by atoms with Crippen LogP contribution in [0.5, 0.6) is 5.75 Å². The highest BCUT2D eigenvalue weighted by molar-refractivity contribution is 6.33. The molecule has 186 valence electrons. The maximum atomic E-state index is 14.9. The molecule has 0 unspecified atom stereocenters. The van der Waals surface area contributed by atoms with Gasteiger partial charge in [-0.3, -0.25) is 4.79 Å². The van der Waals surface area contributed by atoms with Crippen LogP contribution in [0, 0.1) is 23.2 Å². The van der Waals surface area contributed by atoms with Crippen LogP contribution in [0.3, 0.4) is 0 Å². The Hall–Kier alpha value is -3.65. The molecule has 2 N–H and O–H groups in total. The number of anilines is 4. The minimum Gasteiger partial charge on any atom is -0.480 e. The predicted molar refractivity (Wildman–Crippen MR) is 131 cm³/mol. The fourth-order valence-electron chi connectivity index (χ4n) is 4.74. The largest absolute Gasteiger partial charge is 0.480 e. The number of pyridine rings is 1. The van der Waals surface area contributed by atoms with Crippen LogP contribution in [-0.4, -0.2) is 46.2 Å². The molecule has 9 nitrogen and oxygen atoms in total. The zero-order valence-corrected chi connectivity index (χ0v) is 20.0. The first-order valence-electron chi connectivity index (χ1n) is 11.6. The third-order valence-corrected chi connectivity index (χ3v) is 7.23. The Bertz CT molecular complexity index is 1480. The number of nitrogens with one attached hydrogen (secondary N) is 2. The summed E-state index contributed by atoms with van der Waals surface area (Å²) in [5.74, 6) is -2.63. The molecule has 12 heteroatoms. The Kier molecular flexibility index (Phi) is 5.19. The van der Waals surface area contributed by atoms with Gasteiger partial charge in [-0.25, -0.2) is 13.8 Å². The van der Waals surface area contributed by atoms with Gasteiger partial charge in [0, 0.05) is 31.2 Å². The van der Waals surface area contributed by atoms with E-state index in [1.807, 2.05) is 4.90 Å². The average Bonchev–Trinajstić information content (AvgIpc) is 3.66. The molecule has 36 heavy (non-hydrogen) atoms. The van der Waals surface area contributed by atoms with Crippen LogP contribution in [0.2, 0.25) is 5.02 Å². The maximum absolute atomic E-state index is 14.9. The van der Waals surface area contributed by atoms with Gasteiger partial charge in [-0.15, -0.1) is 0 Å². The highest BCUT2D eigenvalue weighted by Crippen LogP contribution is 2.45. The number of benzene rings is 1. The fraction of sp³-hybridized carbons (Fsp3) is 0.417. The molecule has 1 saturated carbocycles. The van der Waals surface area contributed by atoms with Crippen molar-refractivity contribution in [2.75, 3.05) is 35.2 Å². The molecule has 2 aliphatic heterocycles. The summed E-state index contributed by atoms with van der Waals surface area (Å²) >= 11 is 6.34. The molecule has 1 atom stereocenters. The number of halogens is 3. The van der Waals surface area contributed by atoms with E-state index in [-0.39, 0.29) is 23.3 Å². The van der Waals surface area contributed by atoms with Gasteiger partial charge in [0.1, 0.15) is 5.02 Å². The molecular formula is C24H22ClF2N7O2. The van der Waals surface area contributed by atoms with Gasteiger partial charge in [-0.1, -0.05) is 11.6 Å². The first-order valence-corrected chi connectivity index (χ1v) is 12.0. The minimum absolute atomic E-state index is 0.0513. The molecule has 3 aromatic rings. The van der Waals surface area contributed by atoms with E-state index in [2.05, 4.69) is 26.7 Å². The normalized spacial score (nSPS) is 21.0. The topological polar surface area (TPSA) is 108 Å². The average molecular weight is 514 g/mol. The Labute approximate surface area is 209 Å². The summed E-state index contributed by atoms with van der Waals surface area (Å²) in [6.45, 7) is 0.244. The number of alkyl halides is 2. The Morgan fingerprint density at radius 2 is 2.11 bits per heavy atom. The van der Waals surface area contributed by atoms with Gasteiger partial charge in [0.15, 0.2) is 12.4 Å². The minimum atomic E-state index is -3.11. The third kappa shape index (κ3) is 3.76. The SMILES string of the molecule is Cn1c(=O)c2c(c3cc(Nc4nc(N5CC(C#N)C5)ncc4Cl)ccc31)N[C@@H](C1CC1)C(F)(F)CO2. The molecular weight excluding hydrogens is 492 g/mol. The lowest BCUT2D eigenvalue weighted by Gasteiger charge is -2.35. The number of aryl methyl sites for hydroxylation is 1. The molecule has 1 aromatic carbocycles.